The van der Waals surface area contributed by atoms with Crippen LogP contribution in [0.15, 0.2) is 12.1 Å². The molecule has 4 heteroatoms. The number of ether oxygens (including phenoxy) is 2. The molecule has 1 aliphatic heterocycles. The Balaban J connectivity index is 1.87. The number of hydrogen-bond acceptors (Lipinski definition) is 4. The molecular weight excluding hydrogens is 240 g/mol. The van der Waals surface area contributed by atoms with Crippen molar-refractivity contribution < 1.29 is 9.47 Å². The molecule has 1 aliphatic rings. The summed E-state index contributed by atoms with van der Waals surface area (Å²) in [5, 5.41) is 3.47. The summed E-state index contributed by atoms with van der Waals surface area (Å²) in [6.07, 6.45) is 1.08. The second-order valence-corrected chi connectivity index (χ2v) is 5.93. The van der Waals surface area contributed by atoms with Crippen LogP contribution in [0.5, 0.6) is 11.5 Å². The molecule has 0 amide bonds. The van der Waals surface area contributed by atoms with Gasteiger partial charge in [0.15, 0.2) is 11.5 Å². The fourth-order valence-electron chi connectivity index (χ4n) is 2.03. The quantitative estimate of drug-likeness (QED) is 0.773. The van der Waals surface area contributed by atoms with Crippen LogP contribution in [0.3, 0.4) is 0 Å². The molecule has 4 nitrogen and oxygen atoms in total. The molecule has 0 saturated carbocycles. The van der Waals surface area contributed by atoms with Crippen molar-refractivity contribution in [1.29, 1.82) is 0 Å². The maximum Gasteiger partial charge on any atom is 0.231 e. The van der Waals surface area contributed by atoms with Gasteiger partial charge in [-0.1, -0.05) is 13.8 Å². The molecule has 3 N–H and O–H groups in total. The fraction of sp³-hybridized carbons (Fsp3) is 0.600. The van der Waals surface area contributed by atoms with Gasteiger partial charge >= 0.3 is 0 Å². The number of hydrogen-bond donors (Lipinski definition) is 2. The largest absolute Gasteiger partial charge is 0.454 e. The summed E-state index contributed by atoms with van der Waals surface area (Å²) in [6, 6.07) is 4.11. The highest BCUT2D eigenvalue weighted by molar-refractivity contribution is 5.48. The molecule has 1 aromatic carbocycles. The molecule has 0 aliphatic carbocycles. The monoisotopic (exact) mass is 264 g/mol. The third-order valence-corrected chi connectivity index (χ3v) is 3.68. The summed E-state index contributed by atoms with van der Waals surface area (Å²) in [6.45, 7) is 9.36. The van der Waals surface area contributed by atoms with Crippen molar-refractivity contribution in [3.8, 4) is 11.5 Å². The zero-order chi connectivity index (χ0) is 13.9. The van der Waals surface area contributed by atoms with Gasteiger partial charge in [-0.15, -0.1) is 0 Å². The van der Waals surface area contributed by atoms with Gasteiger partial charge in [0.2, 0.25) is 6.79 Å². The number of fused-ring (bicyclic) bond motifs is 1. The molecular formula is C15H24N2O2. The highest BCUT2D eigenvalue weighted by Gasteiger charge is 2.16. The van der Waals surface area contributed by atoms with Crippen LogP contribution in [0.2, 0.25) is 0 Å². The minimum atomic E-state index is 0.205. The Hall–Kier alpha value is -1.26. The maximum atomic E-state index is 5.73. The lowest BCUT2D eigenvalue weighted by atomic mass is 9.90. The number of nitrogens with one attached hydrogen (secondary N) is 1. The first-order valence-electron chi connectivity index (χ1n) is 6.82. The predicted molar refractivity (Wildman–Crippen MR) is 76.5 cm³/mol. The van der Waals surface area contributed by atoms with Crippen molar-refractivity contribution in [1.82, 2.24) is 5.32 Å². The topological polar surface area (TPSA) is 56.5 Å². The smallest absolute Gasteiger partial charge is 0.231 e. The Kier molecular flexibility index (Phi) is 4.32. The fourth-order valence-corrected chi connectivity index (χ4v) is 2.03. The van der Waals surface area contributed by atoms with E-state index in [4.69, 9.17) is 15.2 Å². The third-order valence-electron chi connectivity index (χ3n) is 3.68. The molecule has 0 atom stereocenters. The summed E-state index contributed by atoms with van der Waals surface area (Å²) < 4.78 is 10.8. The van der Waals surface area contributed by atoms with E-state index < -0.39 is 0 Å². The van der Waals surface area contributed by atoms with Crippen molar-refractivity contribution >= 4 is 0 Å². The van der Waals surface area contributed by atoms with E-state index in [2.05, 4.69) is 32.2 Å². The minimum Gasteiger partial charge on any atom is -0.454 e. The SMILES string of the molecule is Cc1cc2c(cc1CNCCC(C)(C)CN)OCO2. The minimum absolute atomic E-state index is 0.205. The Morgan fingerprint density at radius 1 is 1.26 bits per heavy atom. The first kappa shape index (κ1) is 14.2. The Labute approximate surface area is 115 Å². The summed E-state index contributed by atoms with van der Waals surface area (Å²) in [4.78, 5) is 0. The van der Waals surface area contributed by atoms with Crippen LogP contribution in [0.4, 0.5) is 0 Å². The Bertz CT molecular complexity index is 444. The van der Waals surface area contributed by atoms with Crippen molar-refractivity contribution in [2.75, 3.05) is 19.9 Å². The van der Waals surface area contributed by atoms with E-state index in [-0.39, 0.29) is 5.41 Å². The molecule has 0 saturated heterocycles. The van der Waals surface area contributed by atoms with Crippen LogP contribution in [-0.4, -0.2) is 19.9 Å². The van der Waals surface area contributed by atoms with Crippen molar-refractivity contribution in [3.05, 3.63) is 23.3 Å². The molecule has 19 heavy (non-hydrogen) atoms. The summed E-state index contributed by atoms with van der Waals surface area (Å²) in [5.74, 6) is 1.70. The van der Waals surface area contributed by atoms with Gasteiger partial charge in [-0.2, -0.15) is 0 Å². The zero-order valence-corrected chi connectivity index (χ0v) is 12.1. The van der Waals surface area contributed by atoms with E-state index in [9.17, 15) is 0 Å². The number of benzene rings is 1. The van der Waals surface area contributed by atoms with Crippen LogP contribution in [0.1, 0.15) is 31.4 Å². The lowest BCUT2D eigenvalue weighted by Crippen LogP contribution is -2.28. The van der Waals surface area contributed by atoms with Gasteiger partial charge in [0.05, 0.1) is 0 Å². The lowest BCUT2D eigenvalue weighted by Gasteiger charge is -2.22. The summed E-state index contributed by atoms with van der Waals surface area (Å²) >= 11 is 0. The first-order chi connectivity index (χ1) is 9.02. The molecule has 2 rings (SSSR count). The summed E-state index contributed by atoms with van der Waals surface area (Å²) in [5.41, 5.74) is 8.42. The highest BCUT2D eigenvalue weighted by atomic mass is 16.7. The molecule has 0 spiro atoms. The molecule has 0 fully saturated rings. The molecule has 0 aromatic heterocycles. The predicted octanol–water partition coefficient (Wildman–Crippen LogP) is 2.19. The lowest BCUT2D eigenvalue weighted by molar-refractivity contribution is 0.174. The number of nitrogens with two attached hydrogens (primary N) is 1. The normalized spacial score (nSPS) is 13.9. The average Bonchev–Trinajstić information content (AvgIpc) is 2.81. The summed E-state index contributed by atoms with van der Waals surface area (Å²) in [7, 11) is 0. The Morgan fingerprint density at radius 2 is 1.95 bits per heavy atom. The average molecular weight is 264 g/mol. The Morgan fingerprint density at radius 3 is 2.63 bits per heavy atom. The van der Waals surface area contributed by atoms with Crippen LogP contribution >= 0.6 is 0 Å². The molecule has 1 heterocycles. The second kappa shape index (κ2) is 5.80. The van der Waals surface area contributed by atoms with E-state index in [0.717, 1.165) is 37.6 Å². The van der Waals surface area contributed by atoms with Crippen molar-refractivity contribution in [2.24, 2.45) is 11.1 Å². The zero-order valence-electron chi connectivity index (χ0n) is 12.1. The molecule has 0 radical (unpaired) electrons. The first-order valence-corrected chi connectivity index (χ1v) is 6.82. The van der Waals surface area contributed by atoms with Gasteiger partial charge in [0.25, 0.3) is 0 Å². The second-order valence-electron chi connectivity index (χ2n) is 5.93. The van der Waals surface area contributed by atoms with E-state index >= 15 is 0 Å². The van der Waals surface area contributed by atoms with Gasteiger partial charge in [-0.05, 0) is 55.1 Å². The van der Waals surface area contributed by atoms with Crippen molar-refractivity contribution in [2.45, 2.75) is 33.7 Å². The van der Waals surface area contributed by atoms with Gasteiger partial charge in [-0.3, -0.25) is 0 Å². The van der Waals surface area contributed by atoms with Crippen molar-refractivity contribution in [3.63, 3.8) is 0 Å². The van der Waals surface area contributed by atoms with E-state index in [0.29, 0.717) is 6.79 Å². The van der Waals surface area contributed by atoms with E-state index in [1.165, 1.54) is 11.1 Å². The molecule has 1 aromatic rings. The number of rotatable bonds is 6. The van der Waals surface area contributed by atoms with Gasteiger partial charge in [-0.25, -0.2) is 0 Å². The molecule has 106 valence electrons. The number of aryl methyl sites for hydroxylation is 1. The van der Waals surface area contributed by atoms with E-state index in [1.807, 2.05) is 6.07 Å². The van der Waals surface area contributed by atoms with Crippen LogP contribution in [0.25, 0.3) is 0 Å². The van der Waals surface area contributed by atoms with Gasteiger partial charge < -0.3 is 20.5 Å². The molecule has 0 unspecified atom stereocenters. The van der Waals surface area contributed by atoms with E-state index in [1.54, 1.807) is 0 Å². The van der Waals surface area contributed by atoms with Gasteiger partial charge in [0, 0.05) is 6.54 Å². The highest BCUT2D eigenvalue weighted by Crippen LogP contribution is 2.34. The molecule has 0 bridgehead atoms. The maximum absolute atomic E-state index is 5.73. The van der Waals surface area contributed by atoms with Gasteiger partial charge in [0.1, 0.15) is 0 Å². The third kappa shape index (κ3) is 3.61. The van der Waals surface area contributed by atoms with Crippen LogP contribution < -0.4 is 20.5 Å². The standard InChI is InChI=1S/C15H24N2O2/c1-11-6-13-14(19-10-18-13)7-12(11)8-17-5-4-15(2,3)9-16/h6-7,17H,4-5,8-10,16H2,1-3H3. The van der Waals surface area contributed by atoms with Crippen LogP contribution in [0, 0.1) is 12.3 Å². The van der Waals surface area contributed by atoms with Crippen LogP contribution in [-0.2, 0) is 6.54 Å².